The molecule has 1 atom stereocenters. The molecule has 1 aliphatic carbocycles. The molecule has 1 aliphatic rings. The first-order chi connectivity index (χ1) is 6.94. The zero-order chi connectivity index (χ0) is 11.5. The van der Waals surface area contributed by atoms with Gasteiger partial charge >= 0.3 is 0 Å². The third kappa shape index (κ3) is 3.82. The molecule has 3 nitrogen and oxygen atoms in total. The van der Waals surface area contributed by atoms with E-state index in [9.17, 15) is 4.79 Å². The Hall–Kier alpha value is -0.570. The fourth-order valence-corrected chi connectivity index (χ4v) is 1.99. The van der Waals surface area contributed by atoms with Gasteiger partial charge in [0.05, 0.1) is 0 Å². The largest absolute Gasteiger partial charge is 0.353 e. The molecule has 0 spiro atoms. The number of nitrogens with two attached hydrogens (primary N) is 1. The molecule has 0 heterocycles. The van der Waals surface area contributed by atoms with Gasteiger partial charge in [0.2, 0.25) is 5.91 Å². The molecule has 88 valence electrons. The summed E-state index contributed by atoms with van der Waals surface area (Å²) >= 11 is 0. The van der Waals surface area contributed by atoms with Crippen molar-refractivity contribution >= 4 is 5.91 Å². The number of carbonyl (C=O) groups excluding carboxylic acids is 1. The maximum atomic E-state index is 11.6. The molecule has 0 aromatic heterocycles. The molecule has 1 unspecified atom stereocenters. The standard InChI is InChI=1S/C12H24N2O/c1-9(8-13)11(15)14-10-4-6-12(2,3)7-5-10/h9-10H,4-8,13H2,1-3H3,(H,14,15). The van der Waals surface area contributed by atoms with Gasteiger partial charge < -0.3 is 11.1 Å². The monoisotopic (exact) mass is 212 g/mol. The van der Waals surface area contributed by atoms with Gasteiger partial charge in [-0.05, 0) is 31.1 Å². The van der Waals surface area contributed by atoms with Crippen molar-refractivity contribution in [2.45, 2.75) is 52.5 Å². The molecular weight excluding hydrogens is 188 g/mol. The Morgan fingerprint density at radius 2 is 2.00 bits per heavy atom. The maximum absolute atomic E-state index is 11.6. The third-order valence-electron chi connectivity index (χ3n) is 3.49. The Morgan fingerprint density at radius 1 is 1.47 bits per heavy atom. The summed E-state index contributed by atoms with van der Waals surface area (Å²) in [5.74, 6) is 0.0575. The van der Waals surface area contributed by atoms with Crippen LogP contribution in [0.1, 0.15) is 46.5 Å². The molecule has 0 aromatic carbocycles. The first-order valence-electron chi connectivity index (χ1n) is 5.95. The van der Waals surface area contributed by atoms with E-state index in [1.807, 2.05) is 6.92 Å². The van der Waals surface area contributed by atoms with Crippen LogP contribution < -0.4 is 11.1 Å². The van der Waals surface area contributed by atoms with E-state index in [-0.39, 0.29) is 11.8 Å². The summed E-state index contributed by atoms with van der Waals surface area (Å²) in [6.45, 7) is 6.91. The van der Waals surface area contributed by atoms with Crippen LogP contribution in [0.3, 0.4) is 0 Å². The zero-order valence-electron chi connectivity index (χ0n) is 10.2. The predicted molar refractivity (Wildman–Crippen MR) is 62.4 cm³/mol. The van der Waals surface area contributed by atoms with E-state index in [0.717, 1.165) is 12.8 Å². The number of amides is 1. The normalized spacial score (nSPS) is 23.5. The van der Waals surface area contributed by atoms with Gasteiger partial charge in [0.15, 0.2) is 0 Å². The number of rotatable bonds is 3. The van der Waals surface area contributed by atoms with Gasteiger partial charge in [-0.25, -0.2) is 0 Å². The topological polar surface area (TPSA) is 55.1 Å². The molecule has 0 aliphatic heterocycles. The number of hydrogen-bond acceptors (Lipinski definition) is 2. The molecule has 1 rings (SSSR count). The summed E-state index contributed by atoms with van der Waals surface area (Å²) in [6, 6.07) is 0.375. The Morgan fingerprint density at radius 3 is 2.47 bits per heavy atom. The van der Waals surface area contributed by atoms with E-state index >= 15 is 0 Å². The van der Waals surface area contributed by atoms with Crippen molar-refractivity contribution in [1.29, 1.82) is 0 Å². The van der Waals surface area contributed by atoms with Crippen LogP contribution in [0.25, 0.3) is 0 Å². The molecule has 3 heteroatoms. The Kier molecular flexibility index (Phi) is 4.14. The van der Waals surface area contributed by atoms with Gasteiger partial charge in [0, 0.05) is 18.5 Å². The van der Waals surface area contributed by atoms with Crippen LogP contribution in [0.4, 0.5) is 0 Å². The Bertz CT molecular complexity index is 216. The van der Waals surface area contributed by atoms with Crippen molar-refractivity contribution in [2.24, 2.45) is 17.1 Å². The van der Waals surface area contributed by atoms with Crippen LogP contribution in [0, 0.1) is 11.3 Å². The SMILES string of the molecule is CC(CN)C(=O)NC1CCC(C)(C)CC1. The van der Waals surface area contributed by atoms with Crippen LogP contribution in [0.5, 0.6) is 0 Å². The highest BCUT2D eigenvalue weighted by Gasteiger charge is 2.28. The number of carbonyl (C=O) groups is 1. The lowest BCUT2D eigenvalue weighted by Gasteiger charge is -2.35. The van der Waals surface area contributed by atoms with Crippen molar-refractivity contribution < 1.29 is 4.79 Å². The summed E-state index contributed by atoms with van der Waals surface area (Å²) in [7, 11) is 0. The predicted octanol–water partition coefficient (Wildman–Crippen LogP) is 1.67. The van der Waals surface area contributed by atoms with Gasteiger partial charge in [-0.2, -0.15) is 0 Å². The zero-order valence-corrected chi connectivity index (χ0v) is 10.2. The lowest BCUT2D eigenvalue weighted by atomic mass is 9.75. The van der Waals surface area contributed by atoms with Gasteiger partial charge in [-0.15, -0.1) is 0 Å². The Balaban J connectivity index is 2.33. The summed E-state index contributed by atoms with van der Waals surface area (Å²) in [4.78, 5) is 11.6. The number of nitrogens with one attached hydrogen (secondary N) is 1. The van der Waals surface area contributed by atoms with Crippen LogP contribution in [-0.2, 0) is 4.79 Å². The molecule has 1 fully saturated rings. The minimum atomic E-state index is -0.0556. The number of hydrogen-bond donors (Lipinski definition) is 2. The fraction of sp³-hybridized carbons (Fsp3) is 0.917. The average Bonchev–Trinajstić information content (AvgIpc) is 2.20. The van der Waals surface area contributed by atoms with Gasteiger partial charge in [-0.1, -0.05) is 20.8 Å². The second-order valence-electron chi connectivity index (χ2n) is 5.58. The average molecular weight is 212 g/mol. The minimum Gasteiger partial charge on any atom is -0.353 e. The highest BCUT2D eigenvalue weighted by Crippen LogP contribution is 2.34. The highest BCUT2D eigenvalue weighted by atomic mass is 16.1. The highest BCUT2D eigenvalue weighted by molar-refractivity contribution is 5.78. The van der Waals surface area contributed by atoms with Crippen molar-refractivity contribution in [2.75, 3.05) is 6.54 Å². The molecular formula is C12H24N2O. The smallest absolute Gasteiger partial charge is 0.224 e. The van der Waals surface area contributed by atoms with E-state index in [1.54, 1.807) is 0 Å². The lowest BCUT2D eigenvalue weighted by Crippen LogP contribution is -2.43. The Labute approximate surface area is 92.8 Å². The molecule has 0 aromatic rings. The first-order valence-corrected chi connectivity index (χ1v) is 5.95. The van der Waals surface area contributed by atoms with E-state index in [2.05, 4.69) is 19.2 Å². The molecule has 1 saturated carbocycles. The van der Waals surface area contributed by atoms with Gasteiger partial charge in [-0.3, -0.25) is 4.79 Å². The van der Waals surface area contributed by atoms with Gasteiger partial charge in [0.1, 0.15) is 0 Å². The minimum absolute atomic E-state index is 0.0556. The maximum Gasteiger partial charge on any atom is 0.224 e. The molecule has 0 radical (unpaired) electrons. The van der Waals surface area contributed by atoms with Gasteiger partial charge in [0.25, 0.3) is 0 Å². The van der Waals surface area contributed by atoms with Crippen molar-refractivity contribution in [3.8, 4) is 0 Å². The summed E-state index contributed by atoms with van der Waals surface area (Å²) < 4.78 is 0. The quantitative estimate of drug-likeness (QED) is 0.747. The van der Waals surface area contributed by atoms with Crippen LogP contribution in [0.2, 0.25) is 0 Å². The second kappa shape index (κ2) is 4.97. The van der Waals surface area contributed by atoms with Crippen LogP contribution >= 0.6 is 0 Å². The summed E-state index contributed by atoms with van der Waals surface area (Å²) in [5.41, 5.74) is 5.92. The fourth-order valence-electron chi connectivity index (χ4n) is 1.99. The second-order valence-corrected chi connectivity index (χ2v) is 5.58. The van der Waals surface area contributed by atoms with Crippen LogP contribution in [0.15, 0.2) is 0 Å². The summed E-state index contributed by atoms with van der Waals surface area (Å²) in [5, 5.41) is 3.09. The van der Waals surface area contributed by atoms with E-state index in [0.29, 0.717) is 18.0 Å². The molecule has 0 bridgehead atoms. The molecule has 15 heavy (non-hydrogen) atoms. The van der Waals surface area contributed by atoms with E-state index in [1.165, 1.54) is 12.8 Å². The van der Waals surface area contributed by atoms with E-state index < -0.39 is 0 Å². The van der Waals surface area contributed by atoms with Crippen molar-refractivity contribution in [3.63, 3.8) is 0 Å². The first kappa shape index (κ1) is 12.5. The van der Waals surface area contributed by atoms with Crippen molar-refractivity contribution in [1.82, 2.24) is 5.32 Å². The lowest BCUT2D eigenvalue weighted by molar-refractivity contribution is -0.125. The molecule has 0 saturated heterocycles. The molecule has 3 N–H and O–H groups in total. The molecule has 1 amide bonds. The van der Waals surface area contributed by atoms with Crippen LogP contribution in [-0.4, -0.2) is 18.5 Å². The van der Waals surface area contributed by atoms with E-state index in [4.69, 9.17) is 5.73 Å². The van der Waals surface area contributed by atoms with Crippen molar-refractivity contribution in [3.05, 3.63) is 0 Å². The summed E-state index contributed by atoms with van der Waals surface area (Å²) in [6.07, 6.45) is 4.62. The third-order valence-corrected chi connectivity index (χ3v) is 3.49.